The Balaban J connectivity index is 0.000000841. The van der Waals surface area contributed by atoms with Gasteiger partial charge in [-0.25, -0.2) is 13.2 Å². The van der Waals surface area contributed by atoms with Crippen LogP contribution in [0, 0.1) is 23.4 Å². The Hall–Kier alpha value is -1.76. The number of rotatable bonds is 8. The molecule has 1 aliphatic heterocycles. The maximum absolute atomic E-state index is 14.5. The number of halogens is 4. The van der Waals surface area contributed by atoms with E-state index >= 15 is 0 Å². The van der Waals surface area contributed by atoms with Gasteiger partial charge in [0.15, 0.2) is 0 Å². The molecule has 1 fully saturated rings. The fourth-order valence-corrected chi connectivity index (χ4v) is 4.51. The molecule has 1 saturated heterocycles. The molecule has 0 saturated carbocycles. The van der Waals surface area contributed by atoms with Crippen LogP contribution >= 0.6 is 36.4 Å². The van der Waals surface area contributed by atoms with Gasteiger partial charge in [0.1, 0.15) is 34.7 Å². The van der Waals surface area contributed by atoms with Crippen LogP contribution in [0.1, 0.15) is 40.5 Å². The van der Waals surface area contributed by atoms with Crippen molar-refractivity contribution in [1.82, 2.24) is 19.6 Å². The average Bonchev–Trinajstić information content (AvgIpc) is 3.38. The number of anilines is 1. The van der Waals surface area contributed by atoms with Gasteiger partial charge in [0, 0.05) is 25.2 Å². The number of hydrogen-bond acceptors (Lipinski definition) is 13. The van der Waals surface area contributed by atoms with Crippen molar-refractivity contribution in [2.24, 2.45) is 5.92 Å². The van der Waals surface area contributed by atoms with E-state index in [1.54, 1.807) is 20.8 Å². The van der Waals surface area contributed by atoms with Crippen LogP contribution in [0.25, 0.3) is 16.9 Å². The molecule has 0 spiro atoms. The molecule has 0 N–H and O–H groups in total. The van der Waals surface area contributed by atoms with Gasteiger partial charge in [-0.2, -0.15) is 19.6 Å². The van der Waals surface area contributed by atoms with Crippen LogP contribution in [0.3, 0.4) is 0 Å². The van der Waals surface area contributed by atoms with Crippen molar-refractivity contribution in [3.8, 4) is 11.1 Å². The quantitative estimate of drug-likeness (QED) is 0.184. The van der Waals surface area contributed by atoms with E-state index in [9.17, 15) is 41.5 Å². The number of piperidine rings is 1. The number of nitrogens with zero attached hydrogens (tertiary/aromatic N) is 5. The van der Waals surface area contributed by atoms with Gasteiger partial charge in [0.25, 0.3) is 5.78 Å². The Kier molecular flexibility index (Phi) is 21.8. The van der Waals surface area contributed by atoms with Crippen LogP contribution in [-0.4, -0.2) is 69.9 Å². The molecule has 14 nitrogen and oxygen atoms in total. The van der Waals surface area contributed by atoms with E-state index in [4.69, 9.17) is 11.6 Å². The topological polar surface area (TPSA) is 194 Å². The third-order valence-electron chi connectivity index (χ3n) is 5.40. The monoisotopic (exact) mass is 732 g/mol. The SMILES string of the molecule is CC1CCN(c2c(-c3c(F)cc(F)cc3F)c(Cl)nc3ncnn23)CC1.CCO[P+](=O)[O-].CCO[P+](=O)[O-].CCO[P+](=O)[O-].[Al+3]. The van der Waals surface area contributed by atoms with Crippen molar-refractivity contribution >= 4 is 65.3 Å². The minimum absolute atomic E-state index is 0. The molecule has 0 radical (unpaired) electrons. The van der Waals surface area contributed by atoms with E-state index < -0.39 is 47.8 Å². The van der Waals surface area contributed by atoms with Crippen LogP contribution in [0.15, 0.2) is 18.5 Å². The minimum Gasteiger partial charge on any atom is -0.566 e. The van der Waals surface area contributed by atoms with Gasteiger partial charge >= 0.3 is 42.1 Å². The van der Waals surface area contributed by atoms with Crippen molar-refractivity contribution < 1.29 is 55.1 Å². The van der Waals surface area contributed by atoms with Gasteiger partial charge in [-0.15, -0.1) is 13.6 Å². The fraction of sp³-hybridized carbons (Fsp3) is 0.522. The second kappa shape index (κ2) is 22.7. The molecule has 45 heavy (non-hydrogen) atoms. The first-order valence-corrected chi connectivity index (χ1v) is 16.5. The third-order valence-corrected chi connectivity index (χ3v) is 7.08. The van der Waals surface area contributed by atoms with Crippen molar-refractivity contribution in [2.45, 2.75) is 40.5 Å². The van der Waals surface area contributed by atoms with Gasteiger partial charge in [0.2, 0.25) is 0 Å². The number of benzene rings is 1. The number of fused-ring (bicyclic) bond motifs is 1. The molecule has 22 heteroatoms. The van der Waals surface area contributed by atoms with Gasteiger partial charge in [-0.1, -0.05) is 18.5 Å². The van der Waals surface area contributed by atoms with Crippen molar-refractivity contribution in [1.29, 1.82) is 0 Å². The summed E-state index contributed by atoms with van der Waals surface area (Å²) in [6.45, 7) is 9.06. The molecule has 3 unspecified atom stereocenters. The van der Waals surface area contributed by atoms with Crippen molar-refractivity contribution in [3.05, 3.63) is 41.1 Å². The van der Waals surface area contributed by atoms with E-state index in [1.165, 1.54) is 10.8 Å². The average molecular weight is 733 g/mol. The first-order chi connectivity index (χ1) is 20.8. The molecule has 2 aromatic heterocycles. The van der Waals surface area contributed by atoms with Crippen LogP contribution in [-0.2, 0) is 27.3 Å². The Morgan fingerprint density at radius 3 is 1.71 bits per heavy atom. The Bertz CT molecular complexity index is 1350. The van der Waals surface area contributed by atoms with E-state index in [0.717, 1.165) is 12.8 Å². The fourth-order valence-electron chi connectivity index (χ4n) is 3.63. The summed E-state index contributed by atoms with van der Waals surface area (Å²) in [5, 5.41) is 4.03. The predicted octanol–water partition coefficient (Wildman–Crippen LogP) is 3.84. The first-order valence-electron chi connectivity index (χ1n) is 12.9. The summed E-state index contributed by atoms with van der Waals surface area (Å²) in [4.78, 5) is 38.3. The molecule has 0 aliphatic carbocycles. The van der Waals surface area contributed by atoms with Gasteiger partial charge in [-0.05, 0) is 53.2 Å². The summed E-state index contributed by atoms with van der Waals surface area (Å²) in [5.74, 6) is -1.89. The van der Waals surface area contributed by atoms with E-state index in [-0.39, 0.29) is 53.7 Å². The van der Waals surface area contributed by atoms with E-state index in [2.05, 4.69) is 35.6 Å². The van der Waals surface area contributed by atoms with Crippen molar-refractivity contribution in [3.63, 3.8) is 0 Å². The zero-order chi connectivity index (χ0) is 33.4. The molecule has 3 heterocycles. The van der Waals surface area contributed by atoms with E-state index in [0.29, 0.717) is 37.0 Å². The summed E-state index contributed by atoms with van der Waals surface area (Å²) < 4.78 is 84.0. The predicted molar refractivity (Wildman–Crippen MR) is 155 cm³/mol. The standard InChI is InChI=1S/C17H15ClF3N5.3C2H5O3P.Al/c1-9-2-4-25(5-3-9)16-14(13-11(20)6-10(19)7-12(13)21)15(18)24-17-22-8-23-26(16)17;3*1-2-5-6(3)4;/h6-9H,2-5H2,1H3;3*2H2,1H3;/q;;;;+3. The molecule has 4 rings (SSSR count). The van der Waals surface area contributed by atoms with E-state index in [1.807, 2.05) is 4.90 Å². The Morgan fingerprint density at radius 1 is 0.889 bits per heavy atom. The zero-order valence-corrected chi connectivity index (χ0v) is 29.2. The summed E-state index contributed by atoms with van der Waals surface area (Å²) in [6, 6.07) is 1.25. The van der Waals surface area contributed by atoms with Crippen LogP contribution in [0.5, 0.6) is 0 Å². The smallest absolute Gasteiger partial charge is 0.566 e. The molecular formula is C23H30AlClF3N5O9P3+3. The molecule has 0 amide bonds. The molecule has 3 atom stereocenters. The molecule has 3 aromatic rings. The maximum atomic E-state index is 14.5. The third kappa shape index (κ3) is 15.1. The summed E-state index contributed by atoms with van der Waals surface area (Å²) >= 11 is 6.29. The Morgan fingerprint density at radius 2 is 1.33 bits per heavy atom. The normalized spacial score (nSPS) is 13.7. The molecular weight excluding hydrogens is 703 g/mol. The molecule has 244 valence electrons. The van der Waals surface area contributed by atoms with Gasteiger partial charge < -0.3 is 19.6 Å². The maximum Gasteiger partial charge on any atom is 3.00 e. The first kappa shape index (κ1) is 43.2. The molecule has 1 aliphatic rings. The second-order valence-corrected chi connectivity index (χ2v) is 10.9. The van der Waals surface area contributed by atoms with Crippen LogP contribution < -0.4 is 19.6 Å². The van der Waals surface area contributed by atoms with Crippen molar-refractivity contribution in [2.75, 3.05) is 37.8 Å². The minimum atomic E-state index is -2.60. The Labute approximate surface area is 275 Å². The molecule has 1 aromatic carbocycles. The van der Waals surface area contributed by atoms with Crippen LogP contribution in [0.4, 0.5) is 19.0 Å². The summed E-state index contributed by atoms with van der Waals surface area (Å²) in [6.07, 6.45) is 3.14. The second-order valence-electron chi connectivity index (χ2n) is 8.41. The van der Waals surface area contributed by atoms with Gasteiger partial charge in [-0.3, -0.25) is 0 Å². The van der Waals surface area contributed by atoms with Crippen LogP contribution in [0.2, 0.25) is 5.15 Å². The number of hydrogen-bond donors (Lipinski definition) is 0. The van der Waals surface area contributed by atoms with Gasteiger partial charge in [0.05, 0.1) is 30.9 Å². The number of aromatic nitrogens is 4. The largest absolute Gasteiger partial charge is 3.00 e. The molecule has 0 bridgehead atoms. The zero-order valence-electron chi connectivity index (χ0n) is 24.6. The summed E-state index contributed by atoms with van der Waals surface area (Å²) in [5.41, 5.74) is -0.371. The summed E-state index contributed by atoms with van der Waals surface area (Å²) in [7, 11) is -7.80.